The van der Waals surface area contributed by atoms with Gasteiger partial charge in [-0.3, -0.25) is 4.18 Å². The number of hydrogen-bond acceptors (Lipinski definition) is 3. The lowest BCUT2D eigenvalue weighted by molar-refractivity contribution is 0.137. The number of hydrogen-bond donors (Lipinski definition) is 0. The van der Waals surface area contributed by atoms with Crippen LogP contribution >= 0.6 is 0 Å². The molecule has 122 valence electrons. The van der Waals surface area contributed by atoms with Gasteiger partial charge in [-0.25, -0.2) is 0 Å². The van der Waals surface area contributed by atoms with Crippen molar-refractivity contribution in [3.05, 3.63) is 65.7 Å². The van der Waals surface area contributed by atoms with Gasteiger partial charge in [0.2, 0.25) is 0 Å². The first-order valence-corrected chi connectivity index (χ1v) is 9.52. The lowest BCUT2D eigenvalue weighted by atomic mass is 9.82. The smallest absolute Gasteiger partial charge is 0.262 e. The lowest BCUT2D eigenvalue weighted by Crippen LogP contribution is -2.28. The highest BCUT2D eigenvalue weighted by atomic mass is 32.2. The maximum atomic E-state index is 12.6. The zero-order chi connectivity index (χ0) is 16.3. The van der Waals surface area contributed by atoms with E-state index in [0.29, 0.717) is 0 Å². The molecule has 1 aliphatic rings. The fourth-order valence-electron chi connectivity index (χ4n) is 3.22. The highest BCUT2D eigenvalue weighted by Gasteiger charge is 2.31. The Balaban J connectivity index is 1.83. The number of benzene rings is 2. The van der Waals surface area contributed by atoms with E-state index in [1.54, 1.807) is 24.3 Å². The Bertz CT molecular complexity index is 736. The van der Waals surface area contributed by atoms with E-state index in [1.165, 1.54) is 0 Å². The van der Waals surface area contributed by atoms with Crippen LogP contribution in [0.1, 0.15) is 42.7 Å². The number of rotatable bonds is 4. The van der Waals surface area contributed by atoms with Crippen LogP contribution in [0.4, 0.5) is 0 Å². The maximum Gasteiger partial charge on any atom is 0.297 e. The van der Waals surface area contributed by atoms with Gasteiger partial charge in [0, 0.05) is 5.92 Å². The Morgan fingerprint density at radius 1 is 0.913 bits per heavy atom. The van der Waals surface area contributed by atoms with Crippen LogP contribution in [0.15, 0.2) is 59.5 Å². The molecular weight excluding hydrogens is 308 g/mol. The first kappa shape index (κ1) is 16.2. The summed E-state index contributed by atoms with van der Waals surface area (Å²) in [7, 11) is -3.72. The van der Waals surface area contributed by atoms with Gasteiger partial charge < -0.3 is 0 Å². The van der Waals surface area contributed by atoms with Gasteiger partial charge in [-0.15, -0.1) is 0 Å². The summed E-state index contributed by atoms with van der Waals surface area (Å²) in [5.41, 5.74) is 2.19. The molecule has 4 heteroatoms. The molecule has 0 saturated heterocycles. The van der Waals surface area contributed by atoms with Gasteiger partial charge in [-0.1, -0.05) is 60.9 Å². The van der Waals surface area contributed by atoms with E-state index in [0.717, 1.165) is 36.8 Å². The predicted octanol–water partition coefficient (Wildman–Crippen LogP) is 4.43. The van der Waals surface area contributed by atoms with Crippen LogP contribution in [0, 0.1) is 6.92 Å². The standard InChI is InChI=1S/C19H22O3S/c1-15-11-13-17(14-12-15)23(20,21)22-19-10-6-5-9-18(19)16-7-3-2-4-8-16/h2-4,7-8,11-14,18-19H,5-6,9-10H2,1H3/t18-,19+/m0/s1. The molecule has 3 rings (SSSR count). The van der Waals surface area contributed by atoms with E-state index < -0.39 is 10.1 Å². The van der Waals surface area contributed by atoms with Crippen molar-refractivity contribution in [2.45, 2.75) is 49.5 Å². The molecule has 0 aromatic heterocycles. The van der Waals surface area contributed by atoms with E-state index in [2.05, 4.69) is 12.1 Å². The fourth-order valence-corrected chi connectivity index (χ4v) is 4.35. The molecule has 2 aromatic rings. The molecule has 3 nitrogen and oxygen atoms in total. The minimum absolute atomic E-state index is 0.144. The normalized spacial score (nSPS) is 22.0. The summed E-state index contributed by atoms with van der Waals surface area (Å²) < 4.78 is 30.8. The Morgan fingerprint density at radius 2 is 1.57 bits per heavy atom. The van der Waals surface area contributed by atoms with Crippen LogP contribution in [0.25, 0.3) is 0 Å². The zero-order valence-electron chi connectivity index (χ0n) is 13.3. The molecule has 0 heterocycles. The summed E-state index contributed by atoms with van der Waals surface area (Å²) in [6.07, 6.45) is 3.60. The summed E-state index contributed by atoms with van der Waals surface area (Å²) >= 11 is 0. The van der Waals surface area contributed by atoms with E-state index in [-0.39, 0.29) is 16.9 Å². The molecule has 2 aromatic carbocycles. The molecule has 0 spiro atoms. The van der Waals surface area contributed by atoms with Crippen molar-refractivity contribution in [2.75, 3.05) is 0 Å². The third-order valence-electron chi connectivity index (χ3n) is 4.49. The van der Waals surface area contributed by atoms with Gasteiger partial charge >= 0.3 is 0 Å². The van der Waals surface area contributed by atoms with Crippen LogP contribution in [0.3, 0.4) is 0 Å². The average Bonchev–Trinajstić information content (AvgIpc) is 2.56. The highest BCUT2D eigenvalue weighted by Crippen LogP contribution is 2.36. The fraction of sp³-hybridized carbons (Fsp3) is 0.368. The molecule has 0 amide bonds. The Hall–Kier alpha value is -1.65. The molecular formula is C19H22O3S. The third kappa shape index (κ3) is 3.82. The van der Waals surface area contributed by atoms with Gasteiger partial charge in [0.05, 0.1) is 11.0 Å². The SMILES string of the molecule is Cc1ccc(S(=O)(=O)O[C@@H]2CCCC[C@H]2c2ccccc2)cc1. The topological polar surface area (TPSA) is 43.4 Å². The minimum Gasteiger partial charge on any atom is -0.262 e. The van der Waals surface area contributed by atoms with Crippen molar-refractivity contribution in [1.29, 1.82) is 0 Å². The molecule has 0 bridgehead atoms. The van der Waals surface area contributed by atoms with E-state index in [1.807, 2.05) is 25.1 Å². The van der Waals surface area contributed by atoms with Crippen LogP contribution in [-0.4, -0.2) is 14.5 Å². The molecule has 1 saturated carbocycles. The van der Waals surface area contributed by atoms with E-state index in [4.69, 9.17) is 4.18 Å². The van der Waals surface area contributed by atoms with Crippen LogP contribution in [0.2, 0.25) is 0 Å². The molecule has 23 heavy (non-hydrogen) atoms. The van der Waals surface area contributed by atoms with Gasteiger partial charge in [0.1, 0.15) is 0 Å². The Kier molecular flexibility index (Phi) is 4.83. The predicted molar refractivity (Wildman–Crippen MR) is 90.9 cm³/mol. The van der Waals surface area contributed by atoms with Gasteiger partial charge in [0.15, 0.2) is 0 Å². The van der Waals surface area contributed by atoms with E-state index in [9.17, 15) is 8.42 Å². The summed E-state index contributed by atoms with van der Waals surface area (Å²) in [5, 5.41) is 0. The van der Waals surface area contributed by atoms with Crippen molar-refractivity contribution < 1.29 is 12.6 Å². The highest BCUT2D eigenvalue weighted by molar-refractivity contribution is 7.86. The molecule has 0 aliphatic heterocycles. The second-order valence-corrected chi connectivity index (χ2v) is 7.78. The van der Waals surface area contributed by atoms with Crippen LogP contribution in [0.5, 0.6) is 0 Å². The second-order valence-electron chi connectivity index (χ2n) is 6.20. The third-order valence-corrected chi connectivity index (χ3v) is 5.84. The summed E-state index contributed by atoms with van der Waals surface area (Å²) in [4.78, 5) is 0.237. The summed E-state index contributed by atoms with van der Waals surface area (Å²) in [5.74, 6) is 0.144. The summed E-state index contributed by atoms with van der Waals surface area (Å²) in [6.45, 7) is 1.93. The average molecular weight is 330 g/mol. The molecule has 1 fully saturated rings. The van der Waals surface area contributed by atoms with Gasteiger partial charge in [0.25, 0.3) is 10.1 Å². The Morgan fingerprint density at radius 3 is 2.26 bits per heavy atom. The number of aryl methyl sites for hydroxylation is 1. The quantitative estimate of drug-likeness (QED) is 0.779. The van der Waals surface area contributed by atoms with Crippen molar-refractivity contribution in [3.63, 3.8) is 0 Å². The largest absolute Gasteiger partial charge is 0.297 e. The molecule has 0 unspecified atom stereocenters. The molecule has 2 atom stereocenters. The van der Waals surface area contributed by atoms with Crippen molar-refractivity contribution in [3.8, 4) is 0 Å². The second kappa shape index (κ2) is 6.85. The summed E-state index contributed by atoms with van der Waals surface area (Å²) in [6, 6.07) is 16.9. The lowest BCUT2D eigenvalue weighted by Gasteiger charge is -2.31. The van der Waals surface area contributed by atoms with Gasteiger partial charge in [-0.2, -0.15) is 8.42 Å². The van der Waals surface area contributed by atoms with Crippen LogP contribution in [-0.2, 0) is 14.3 Å². The monoisotopic (exact) mass is 330 g/mol. The van der Waals surface area contributed by atoms with Crippen LogP contribution < -0.4 is 0 Å². The van der Waals surface area contributed by atoms with Gasteiger partial charge in [-0.05, 0) is 37.5 Å². The molecule has 1 aliphatic carbocycles. The minimum atomic E-state index is -3.72. The van der Waals surface area contributed by atoms with Crippen molar-refractivity contribution >= 4 is 10.1 Å². The zero-order valence-corrected chi connectivity index (χ0v) is 14.1. The van der Waals surface area contributed by atoms with Crippen molar-refractivity contribution in [2.24, 2.45) is 0 Å². The maximum absolute atomic E-state index is 12.6. The molecule has 0 radical (unpaired) electrons. The first-order chi connectivity index (χ1) is 11.1. The van der Waals surface area contributed by atoms with Crippen molar-refractivity contribution in [1.82, 2.24) is 0 Å². The molecule has 0 N–H and O–H groups in total. The van der Waals surface area contributed by atoms with E-state index >= 15 is 0 Å². The Labute approximate surface area is 138 Å². The first-order valence-electron chi connectivity index (χ1n) is 8.11.